The summed E-state index contributed by atoms with van der Waals surface area (Å²) in [5.41, 5.74) is 7.10. The van der Waals surface area contributed by atoms with Crippen molar-refractivity contribution in [3.63, 3.8) is 0 Å². The minimum Gasteiger partial charge on any atom is -0.250 e. The van der Waals surface area contributed by atoms with Crippen LogP contribution in [0.15, 0.2) is 12.7 Å². The van der Waals surface area contributed by atoms with Gasteiger partial charge in [-0.3, -0.25) is 5.73 Å². The van der Waals surface area contributed by atoms with Gasteiger partial charge in [0.15, 0.2) is 0 Å². The summed E-state index contributed by atoms with van der Waals surface area (Å²) >= 11 is 0. The molecule has 1 radical (unpaired) electrons. The van der Waals surface area contributed by atoms with E-state index in [1.165, 1.54) is 0 Å². The first kappa shape index (κ1) is 6.70. The fourth-order valence-electron chi connectivity index (χ4n) is 0.429. The highest BCUT2D eigenvalue weighted by molar-refractivity contribution is 4.80. The Morgan fingerprint density at radius 3 is 2.57 bits per heavy atom. The van der Waals surface area contributed by atoms with Crippen molar-refractivity contribution in [1.29, 1.82) is 0 Å². The Hall–Kier alpha value is -0.300. The summed E-state index contributed by atoms with van der Waals surface area (Å²) in [4.78, 5) is 0. The van der Waals surface area contributed by atoms with Crippen molar-refractivity contribution in [2.75, 3.05) is 0 Å². The molecule has 41 valence electrons. The molecule has 7 heavy (non-hydrogen) atoms. The molecule has 0 spiro atoms. The molecule has 1 nitrogen and oxygen atoms in total. The van der Waals surface area contributed by atoms with Crippen LogP contribution in [0.4, 0.5) is 0 Å². The van der Waals surface area contributed by atoms with E-state index in [0.717, 1.165) is 12.8 Å². The summed E-state index contributed by atoms with van der Waals surface area (Å²) in [6.45, 7) is 5.57. The van der Waals surface area contributed by atoms with Crippen LogP contribution in [-0.4, -0.2) is 6.04 Å². The third-order valence-electron chi connectivity index (χ3n) is 0.884. The molecule has 0 aliphatic rings. The van der Waals surface area contributed by atoms with Gasteiger partial charge in [0.2, 0.25) is 0 Å². The normalized spacial score (nSPS) is 13.4. The van der Waals surface area contributed by atoms with Gasteiger partial charge in [0.1, 0.15) is 0 Å². The Balaban J connectivity index is 2.98. The van der Waals surface area contributed by atoms with Crippen LogP contribution in [0.3, 0.4) is 0 Å². The Kier molecular flexibility index (Phi) is 3.71. The molecule has 0 aromatic carbocycles. The molecule has 0 aliphatic heterocycles. The van der Waals surface area contributed by atoms with E-state index in [0.29, 0.717) is 0 Å². The maximum Gasteiger partial charge on any atom is 0.0390 e. The van der Waals surface area contributed by atoms with Crippen LogP contribution in [-0.2, 0) is 0 Å². The zero-order chi connectivity index (χ0) is 5.70. The van der Waals surface area contributed by atoms with Gasteiger partial charge in [0.05, 0.1) is 0 Å². The molecule has 0 amide bonds. The molecule has 0 heterocycles. The van der Waals surface area contributed by atoms with Gasteiger partial charge >= 0.3 is 0 Å². The number of hydrogen-bond acceptors (Lipinski definition) is 0. The van der Waals surface area contributed by atoms with Gasteiger partial charge in [-0.2, -0.15) is 0 Å². The van der Waals surface area contributed by atoms with E-state index in [1.54, 1.807) is 6.08 Å². The summed E-state index contributed by atoms with van der Waals surface area (Å²) in [5.74, 6) is 0. The van der Waals surface area contributed by atoms with Gasteiger partial charge in [0, 0.05) is 6.04 Å². The summed E-state index contributed by atoms with van der Waals surface area (Å²) in [7, 11) is 0. The second kappa shape index (κ2) is 3.88. The van der Waals surface area contributed by atoms with E-state index >= 15 is 0 Å². The molecule has 0 aliphatic carbocycles. The molecule has 0 aromatic heterocycles. The fourth-order valence-corrected chi connectivity index (χ4v) is 0.429. The Bertz CT molecular complexity index is 50.1. The smallest absolute Gasteiger partial charge is 0.0390 e. The lowest BCUT2D eigenvalue weighted by atomic mass is 10.2. The van der Waals surface area contributed by atoms with Gasteiger partial charge < -0.3 is 0 Å². The first-order valence-corrected chi connectivity index (χ1v) is 2.65. The monoisotopic (exact) mass is 98.1 g/mol. The first-order valence-electron chi connectivity index (χ1n) is 2.65. The van der Waals surface area contributed by atoms with Crippen molar-refractivity contribution in [3.8, 4) is 0 Å². The predicted molar refractivity (Wildman–Crippen MR) is 32.0 cm³/mol. The second-order valence-corrected chi connectivity index (χ2v) is 1.63. The molecule has 1 atom stereocenters. The van der Waals surface area contributed by atoms with Crippen molar-refractivity contribution in [3.05, 3.63) is 12.7 Å². The summed E-state index contributed by atoms with van der Waals surface area (Å²) in [6.07, 6.45) is 3.70. The molecular weight excluding hydrogens is 86.1 g/mol. The van der Waals surface area contributed by atoms with Crippen LogP contribution in [0.2, 0.25) is 0 Å². The number of hydrogen-bond donors (Lipinski definition) is 0. The van der Waals surface area contributed by atoms with E-state index in [9.17, 15) is 0 Å². The molecule has 0 aromatic rings. The van der Waals surface area contributed by atoms with Crippen molar-refractivity contribution < 1.29 is 0 Å². The van der Waals surface area contributed by atoms with Crippen LogP contribution in [0.1, 0.15) is 19.8 Å². The van der Waals surface area contributed by atoms with E-state index in [4.69, 9.17) is 5.73 Å². The lowest BCUT2D eigenvalue weighted by Gasteiger charge is -1.97. The minimum absolute atomic E-state index is 0.0370. The molecule has 0 saturated carbocycles. The standard InChI is InChI=1S/C6H12N/c1-3-5-6(7)4-2/h4,6-7H,2-3,5H2,1H3. The van der Waals surface area contributed by atoms with Crippen molar-refractivity contribution in [2.45, 2.75) is 25.8 Å². The van der Waals surface area contributed by atoms with E-state index < -0.39 is 0 Å². The van der Waals surface area contributed by atoms with E-state index in [1.807, 2.05) is 0 Å². The van der Waals surface area contributed by atoms with Crippen LogP contribution >= 0.6 is 0 Å². The third kappa shape index (κ3) is 3.53. The largest absolute Gasteiger partial charge is 0.250 e. The Morgan fingerprint density at radius 1 is 1.86 bits per heavy atom. The van der Waals surface area contributed by atoms with E-state index in [2.05, 4.69) is 13.5 Å². The topological polar surface area (TPSA) is 23.8 Å². The van der Waals surface area contributed by atoms with Crippen LogP contribution in [0.25, 0.3) is 0 Å². The molecule has 1 unspecified atom stereocenters. The molecular formula is C6H12N. The molecule has 0 bridgehead atoms. The van der Waals surface area contributed by atoms with Crippen molar-refractivity contribution in [2.24, 2.45) is 0 Å². The van der Waals surface area contributed by atoms with Gasteiger partial charge in [0.25, 0.3) is 0 Å². The molecule has 0 rings (SSSR count). The van der Waals surface area contributed by atoms with Gasteiger partial charge in [-0.25, -0.2) is 0 Å². The highest BCUT2D eigenvalue weighted by Crippen LogP contribution is 1.93. The molecule has 0 fully saturated rings. The third-order valence-corrected chi connectivity index (χ3v) is 0.884. The molecule has 1 heteroatoms. The zero-order valence-corrected chi connectivity index (χ0v) is 4.78. The highest BCUT2D eigenvalue weighted by Gasteiger charge is 1.90. The second-order valence-electron chi connectivity index (χ2n) is 1.63. The lowest BCUT2D eigenvalue weighted by molar-refractivity contribution is 0.688. The fraction of sp³-hybridized carbons (Fsp3) is 0.667. The van der Waals surface area contributed by atoms with Crippen LogP contribution in [0.5, 0.6) is 0 Å². The van der Waals surface area contributed by atoms with Gasteiger partial charge in [-0.05, 0) is 6.42 Å². The quantitative estimate of drug-likeness (QED) is 0.479. The maximum absolute atomic E-state index is 7.10. The number of rotatable bonds is 3. The SMILES string of the molecule is C=CC([NH])CCC. The summed E-state index contributed by atoms with van der Waals surface area (Å²) < 4.78 is 0. The highest BCUT2D eigenvalue weighted by atomic mass is 14.6. The average molecular weight is 98.2 g/mol. The summed E-state index contributed by atoms with van der Waals surface area (Å²) in [6, 6.07) is -0.0370. The average Bonchev–Trinajstić information content (AvgIpc) is 1.68. The van der Waals surface area contributed by atoms with E-state index in [-0.39, 0.29) is 6.04 Å². The first-order chi connectivity index (χ1) is 3.31. The number of nitrogens with one attached hydrogen (secondary N) is 1. The molecule has 0 saturated heterocycles. The maximum atomic E-state index is 7.10. The van der Waals surface area contributed by atoms with Crippen LogP contribution < -0.4 is 5.73 Å². The van der Waals surface area contributed by atoms with Crippen LogP contribution in [0, 0.1) is 0 Å². The molecule has 1 N–H and O–H groups in total. The summed E-state index contributed by atoms with van der Waals surface area (Å²) in [5, 5.41) is 0. The lowest BCUT2D eigenvalue weighted by Crippen LogP contribution is -2.01. The van der Waals surface area contributed by atoms with Crippen molar-refractivity contribution in [1.82, 2.24) is 5.73 Å². The predicted octanol–water partition coefficient (Wildman–Crippen LogP) is 1.62. The van der Waals surface area contributed by atoms with Gasteiger partial charge in [-0.15, -0.1) is 6.58 Å². The zero-order valence-electron chi connectivity index (χ0n) is 4.78. The van der Waals surface area contributed by atoms with Crippen molar-refractivity contribution >= 4 is 0 Å². The Labute approximate surface area is 45.2 Å². The minimum atomic E-state index is -0.0370. The van der Waals surface area contributed by atoms with Gasteiger partial charge in [-0.1, -0.05) is 19.4 Å². The Morgan fingerprint density at radius 2 is 2.43 bits per heavy atom.